The minimum absolute atomic E-state index is 0.226. The number of halogens is 3. The van der Waals surface area contributed by atoms with E-state index in [9.17, 15) is 22.8 Å². The summed E-state index contributed by atoms with van der Waals surface area (Å²) in [5.41, 5.74) is 0.211. The normalized spacial score (nSPS) is 13.2. The van der Waals surface area contributed by atoms with Gasteiger partial charge in [0, 0.05) is 23.5 Å². The molecule has 3 rings (SSSR count). The molecule has 2 aromatic rings. The second-order valence-corrected chi connectivity index (χ2v) is 5.65. The largest absolute Gasteiger partial charge is 0.335 e. The molecule has 2 aromatic carbocycles. The second kappa shape index (κ2) is 6.84. The van der Waals surface area contributed by atoms with E-state index in [0.717, 1.165) is 12.8 Å². The Morgan fingerprint density at radius 3 is 2.00 bits per heavy atom. The third-order valence-electron chi connectivity index (χ3n) is 3.57. The molecule has 8 heteroatoms. The fraction of sp³-hybridized carbons (Fsp3) is 0.176. The van der Waals surface area contributed by atoms with Crippen LogP contribution in [-0.4, -0.2) is 18.0 Å². The molecule has 0 unspecified atom stereocenters. The van der Waals surface area contributed by atoms with Gasteiger partial charge in [-0.05, 0) is 43.2 Å². The van der Waals surface area contributed by atoms with Crippen molar-refractivity contribution in [1.29, 1.82) is 0 Å². The molecule has 0 atom stereocenters. The van der Waals surface area contributed by atoms with Crippen LogP contribution in [0.4, 0.5) is 29.3 Å². The Balaban J connectivity index is 1.63. The molecule has 3 amide bonds. The summed E-state index contributed by atoms with van der Waals surface area (Å²) >= 11 is 0. The van der Waals surface area contributed by atoms with E-state index in [1.807, 2.05) is 0 Å². The van der Waals surface area contributed by atoms with Gasteiger partial charge < -0.3 is 16.0 Å². The maximum atomic E-state index is 13.6. The molecule has 0 spiro atoms. The maximum absolute atomic E-state index is 13.6. The van der Waals surface area contributed by atoms with Gasteiger partial charge in [0.25, 0.3) is 5.91 Å². The predicted octanol–water partition coefficient (Wildman–Crippen LogP) is 3.64. The van der Waals surface area contributed by atoms with E-state index >= 15 is 0 Å². The molecular weight excluding hydrogens is 335 g/mol. The van der Waals surface area contributed by atoms with Crippen molar-refractivity contribution in [3.63, 3.8) is 0 Å². The van der Waals surface area contributed by atoms with Gasteiger partial charge in [0.05, 0.1) is 5.56 Å². The summed E-state index contributed by atoms with van der Waals surface area (Å²) in [5.74, 6) is -4.75. The first kappa shape index (κ1) is 16.8. The van der Waals surface area contributed by atoms with Gasteiger partial charge in [0.15, 0.2) is 11.6 Å². The molecule has 3 N–H and O–H groups in total. The third kappa shape index (κ3) is 4.28. The van der Waals surface area contributed by atoms with Gasteiger partial charge in [0.2, 0.25) is 0 Å². The molecule has 0 radical (unpaired) electrons. The zero-order valence-corrected chi connectivity index (χ0v) is 12.9. The first-order valence-corrected chi connectivity index (χ1v) is 7.56. The molecule has 5 nitrogen and oxygen atoms in total. The van der Waals surface area contributed by atoms with Gasteiger partial charge in [-0.15, -0.1) is 0 Å². The number of carbonyl (C=O) groups is 2. The van der Waals surface area contributed by atoms with Crippen LogP contribution >= 0.6 is 0 Å². The van der Waals surface area contributed by atoms with Crippen molar-refractivity contribution in [3.8, 4) is 0 Å². The average molecular weight is 349 g/mol. The van der Waals surface area contributed by atoms with Crippen LogP contribution in [-0.2, 0) is 0 Å². The number of rotatable bonds is 4. The van der Waals surface area contributed by atoms with Gasteiger partial charge in [0.1, 0.15) is 5.82 Å². The zero-order chi connectivity index (χ0) is 18.0. The van der Waals surface area contributed by atoms with E-state index in [0.29, 0.717) is 23.5 Å². The number of benzene rings is 2. The second-order valence-electron chi connectivity index (χ2n) is 5.65. The lowest BCUT2D eigenvalue weighted by molar-refractivity contribution is 0.102. The summed E-state index contributed by atoms with van der Waals surface area (Å²) in [5, 5.41) is 7.77. The van der Waals surface area contributed by atoms with Crippen molar-refractivity contribution in [1.82, 2.24) is 5.32 Å². The topological polar surface area (TPSA) is 70.2 Å². The highest BCUT2D eigenvalue weighted by molar-refractivity contribution is 6.04. The van der Waals surface area contributed by atoms with Crippen LogP contribution in [0.2, 0.25) is 0 Å². The monoisotopic (exact) mass is 349 g/mol. The molecular formula is C17H14F3N3O2. The lowest BCUT2D eigenvalue weighted by Crippen LogP contribution is -2.30. The van der Waals surface area contributed by atoms with Crippen molar-refractivity contribution < 1.29 is 22.8 Å². The van der Waals surface area contributed by atoms with Crippen LogP contribution in [0, 0.1) is 17.5 Å². The molecule has 25 heavy (non-hydrogen) atoms. The molecule has 0 saturated heterocycles. The van der Waals surface area contributed by atoms with Gasteiger partial charge in [-0.1, -0.05) is 0 Å². The summed E-state index contributed by atoms with van der Waals surface area (Å²) in [6, 6.07) is 6.79. The lowest BCUT2D eigenvalue weighted by atomic mass is 10.1. The van der Waals surface area contributed by atoms with E-state index in [1.165, 1.54) is 12.1 Å². The molecule has 1 aliphatic rings. The Morgan fingerprint density at radius 1 is 0.840 bits per heavy atom. The van der Waals surface area contributed by atoms with E-state index in [2.05, 4.69) is 16.0 Å². The molecule has 1 saturated carbocycles. The molecule has 0 aromatic heterocycles. The van der Waals surface area contributed by atoms with Crippen LogP contribution in [0.15, 0.2) is 36.4 Å². The van der Waals surface area contributed by atoms with Crippen LogP contribution in [0.3, 0.4) is 0 Å². The van der Waals surface area contributed by atoms with Crippen molar-refractivity contribution in [2.24, 2.45) is 0 Å². The number of nitrogens with one attached hydrogen (secondary N) is 3. The highest BCUT2D eigenvalue weighted by Gasteiger charge is 2.23. The highest BCUT2D eigenvalue weighted by Crippen LogP contribution is 2.20. The SMILES string of the molecule is O=C(Nc1ccc(NC(=O)c2cc(F)c(F)cc2F)cc1)NC1CC1. The molecule has 130 valence electrons. The van der Waals surface area contributed by atoms with Crippen LogP contribution < -0.4 is 16.0 Å². The molecule has 0 bridgehead atoms. The third-order valence-corrected chi connectivity index (χ3v) is 3.57. The van der Waals surface area contributed by atoms with Crippen LogP contribution in [0.25, 0.3) is 0 Å². The smallest absolute Gasteiger partial charge is 0.319 e. The zero-order valence-electron chi connectivity index (χ0n) is 12.9. The minimum atomic E-state index is -1.37. The van der Waals surface area contributed by atoms with E-state index in [1.54, 1.807) is 12.1 Å². The maximum Gasteiger partial charge on any atom is 0.319 e. The summed E-state index contributed by atoms with van der Waals surface area (Å²) < 4.78 is 39.6. The summed E-state index contributed by atoms with van der Waals surface area (Å²) in [6.07, 6.45) is 1.94. The Labute approximate surface area is 141 Å². The van der Waals surface area contributed by atoms with Gasteiger partial charge >= 0.3 is 6.03 Å². The van der Waals surface area contributed by atoms with Crippen LogP contribution in [0.5, 0.6) is 0 Å². The summed E-state index contributed by atoms with van der Waals surface area (Å²) in [4.78, 5) is 23.6. The van der Waals surface area contributed by atoms with Gasteiger partial charge in [-0.25, -0.2) is 18.0 Å². The van der Waals surface area contributed by atoms with E-state index in [-0.39, 0.29) is 12.1 Å². The molecule has 1 fully saturated rings. The molecule has 0 aliphatic heterocycles. The molecule has 1 aliphatic carbocycles. The first-order valence-electron chi connectivity index (χ1n) is 7.56. The number of carbonyl (C=O) groups excluding carboxylic acids is 2. The van der Waals surface area contributed by atoms with E-state index < -0.39 is 28.9 Å². The molecule has 0 heterocycles. The van der Waals surface area contributed by atoms with Crippen molar-refractivity contribution in [3.05, 3.63) is 59.4 Å². The standard InChI is InChI=1S/C17H14F3N3O2/c18-13-8-15(20)14(19)7-12(13)16(24)21-9-1-3-10(4-2-9)22-17(25)23-11-5-6-11/h1-4,7-8,11H,5-6H2,(H,21,24)(H2,22,23,25). The Morgan fingerprint density at radius 2 is 1.40 bits per heavy atom. The fourth-order valence-electron chi connectivity index (χ4n) is 2.11. The summed E-state index contributed by atoms with van der Waals surface area (Å²) in [6.45, 7) is 0. The lowest BCUT2D eigenvalue weighted by Gasteiger charge is -2.09. The number of hydrogen-bond donors (Lipinski definition) is 3. The highest BCUT2D eigenvalue weighted by atomic mass is 19.2. The Kier molecular flexibility index (Phi) is 4.60. The number of urea groups is 1. The van der Waals surface area contributed by atoms with Gasteiger partial charge in [-0.2, -0.15) is 0 Å². The number of amides is 3. The fourth-order valence-corrected chi connectivity index (χ4v) is 2.11. The van der Waals surface area contributed by atoms with Crippen molar-refractivity contribution in [2.75, 3.05) is 10.6 Å². The Hall–Kier alpha value is -3.03. The summed E-state index contributed by atoms with van der Waals surface area (Å²) in [7, 11) is 0. The minimum Gasteiger partial charge on any atom is -0.335 e. The first-order chi connectivity index (χ1) is 11.9. The Bertz CT molecular complexity index is 821. The predicted molar refractivity (Wildman–Crippen MR) is 85.9 cm³/mol. The van der Waals surface area contributed by atoms with Gasteiger partial charge in [-0.3, -0.25) is 4.79 Å². The number of anilines is 2. The van der Waals surface area contributed by atoms with Crippen LogP contribution in [0.1, 0.15) is 23.2 Å². The van der Waals surface area contributed by atoms with Crippen molar-refractivity contribution >= 4 is 23.3 Å². The van der Waals surface area contributed by atoms with E-state index in [4.69, 9.17) is 0 Å². The quantitative estimate of drug-likeness (QED) is 0.738. The van der Waals surface area contributed by atoms with Crippen molar-refractivity contribution in [2.45, 2.75) is 18.9 Å². The average Bonchev–Trinajstić information content (AvgIpc) is 3.36. The number of hydrogen-bond acceptors (Lipinski definition) is 2.